The van der Waals surface area contributed by atoms with Crippen LogP contribution in [-0.2, 0) is 4.79 Å². The highest BCUT2D eigenvalue weighted by Gasteiger charge is 2.20. The Morgan fingerprint density at radius 2 is 1.91 bits per heavy atom. The standard InChI is InChI=1S/C19H25NO3/c21-19(16-7-2-1-3-8-16)20-11-5-4-6-15-9-10-17-18(14-15)23-13-12-22-17/h4,6,9-10,14,16H,1-3,5,7-8,11-13H2,(H,20,21)/b6-4+. The first kappa shape index (κ1) is 15.9. The van der Waals surface area contributed by atoms with E-state index in [1.807, 2.05) is 18.2 Å². The lowest BCUT2D eigenvalue weighted by molar-refractivity contribution is -0.125. The molecule has 1 aliphatic carbocycles. The van der Waals surface area contributed by atoms with Gasteiger partial charge in [-0.05, 0) is 37.0 Å². The van der Waals surface area contributed by atoms with E-state index in [9.17, 15) is 4.79 Å². The molecule has 1 aliphatic heterocycles. The molecule has 1 amide bonds. The van der Waals surface area contributed by atoms with Crippen molar-refractivity contribution in [1.29, 1.82) is 0 Å². The first-order valence-electron chi connectivity index (χ1n) is 8.67. The minimum atomic E-state index is 0.234. The van der Waals surface area contributed by atoms with Crippen LogP contribution >= 0.6 is 0 Å². The molecule has 0 saturated heterocycles. The largest absolute Gasteiger partial charge is 0.486 e. The number of hydrogen-bond acceptors (Lipinski definition) is 3. The summed E-state index contributed by atoms with van der Waals surface area (Å²) in [7, 11) is 0. The van der Waals surface area contributed by atoms with Crippen molar-refractivity contribution in [3.63, 3.8) is 0 Å². The first-order chi connectivity index (χ1) is 11.3. The second kappa shape index (κ2) is 8.04. The van der Waals surface area contributed by atoms with Crippen molar-refractivity contribution in [3.8, 4) is 11.5 Å². The van der Waals surface area contributed by atoms with E-state index in [0.29, 0.717) is 19.8 Å². The van der Waals surface area contributed by atoms with E-state index < -0.39 is 0 Å². The van der Waals surface area contributed by atoms with Crippen molar-refractivity contribution in [2.24, 2.45) is 5.92 Å². The average molecular weight is 315 g/mol. The van der Waals surface area contributed by atoms with Gasteiger partial charge in [-0.2, -0.15) is 0 Å². The van der Waals surface area contributed by atoms with Gasteiger partial charge >= 0.3 is 0 Å². The molecule has 0 atom stereocenters. The molecule has 0 unspecified atom stereocenters. The predicted molar refractivity (Wildman–Crippen MR) is 90.7 cm³/mol. The number of fused-ring (bicyclic) bond motifs is 1. The summed E-state index contributed by atoms with van der Waals surface area (Å²) >= 11 is 0. The second-order valence-electron chi connectivity index (χ2n) is 6.22. The van der Waals surface area contributed by atoms with Crippen LogP contribution in [0.4, 0.5) is 0 Å². The van der Waals surface area contributed by atoms with Gasteiger partial charge in [0.25, 0.3) is 0 Å². The lowest BCUT2D eigenvalue weighted by Gasteiger charge is -2.20. The van der Waals surface area contributed by atoms with Crippen molar-refractivity contribution in [2.45, 2.75) is 38.5 Å². The maximum absolute atomic E-state index is 12.0. The molecular weight excluding hydrogens is 290 g/mol. The Hall–Kier alpha value is -1.97. The zero-order valence-electron chi connectivity index (χ0n) is 13.6. The molecular formula is C19H25NO3. The van der Waals surface area contributed by atoms with Crippen molar-refractivity contribution >= 4 is 12.0 Å². The van der Waals surface area contributed by atoms with Gasteiger partial charge in [0.05, 0.1) is 0 Å². The van der Waals surface area contributed by atoms with Gasteiger partial charge < -0.3 is 14.8 Å². The lowest BCUT2D eigenvalue weighted by atomic mass is 9.89. The van der Waals surface area contributed by atoms with Gasteiger partial charge in [-0.15, -0.1) is 0 Å². The van der Waals surface area contributed by atoms with Crippen LogP contribution < -0.4 is 14.8 Å². The molecule has 0 aromatic heterocycles. The van der Waals surface area contributed by atoms with Gasteiger partial charge in [-0.1, -0.05) is 37.5 Å². The van der Waals surface area contributed by atoms with Crippen molar-refractivity contribution in [2.75, 3.05) is 19.8 Å². The molecule has 1 fully saturated rings. The fourth-order valence-electron chi connectivity index (χ4n) is 3.17. The van der Waals surface area contributed by atoms with Crippen LogP contribution in [0.25, 0.3) is 6.08 Å². The Labute approximate surface area is 137 Å². The van der Waals surface area contributed by atoms with Gasteiger partial charge in [-0.25, -0.2) is 0 Å². The van der Waals surface area contributed by atoms with Gasteiger partial charge in [0.1, 0.15) is 13.2 Å². The minimum absolute atomic E-state index is 0.234. The molecule has 1 N–H and O–H groups in total. The van der Waals surface area contributed by atoms with Crippen LogP contribution in [0.15, 0.2) is 24.3 Å². The third kappa shape index (κ3) is 4.50. The number of benzene rings is 1. The molecule has 1 heterocycles. The fraction of sp³-hybridized carbons (Fsp3) is 0.526. The van der Waals surface area contributed by atoms with Crippen LogP contribution in [0.1, 0.15) is 44.1 Å². The van der Waals surface area contributed by atoms with Crippen LogP contribution in [0.3, 0.4) is 0 Å². The number of rotatable bonds is 5. The van der Waals surface area contributed by atoms with E-state index in [2.05, 4.69) is 17.5 Å². The molecule has 0 bridgehead atoms. The summed E-state index contributed by atoms with van der Waals surface area (Å²) in [5, 5.41) is 3.05. The summed E-state index contributed by atoms with van der Waals surface area (Å²) in [4.78, 5) is 12.0. The number of carbonyl (C=O) groups is 1. The fourth-order valence-corrected chi connectivity index (χ4v) is 3.17. The molecule has 4 nitrogen and oxygen atoms in total. The number of ether oxygens (including phenoxy) is 2. The summed E-state index contributed by atoms with van der Waals surface area (Å²) in [6.07, 6.45) is 10.8. The molecule has 23 heavy (non-hydrogen) atoms. The number of carbonyl (C=O) groups excluding carboxylic acids is 1. The quantitative estimate of drug-likeness (QED) is 0.845. The zero-order chi connectivity index (χ0) is 15.9. The van der Waals surface area contributed by atoms with E-state index in [0.717, 1.165) is 36.3 Å². The molecule has 124 valence electrons. The summed E-state index contributed by atoms with van der Waals surface area (Å²) < 4.78 is 11.1. The van der Waals surface area contributed by atoms with Gasteiger partial charge in [0, 0.05) is 12.5 Å². The predicted octanol–water partition coefficient (Wildman–Crippen LogP) is 3.56. The Morgan fingerprint density at radius 1 is 1.13 bits per heavy atom. The molecule has 1 aromatic rings. The Kier molecular flexibility index (Phi) is 5.56. The molecule has 2 aliphatic rings. The summed E-state index contributed by atoms with van der Waals surface area (Å²) in [6.45, 7) is 1.92. The topological polar surface area (TPSA) is 47.6 Å². The van der Waals surface area contributed by atoms with E-state index >= 15 is 0 Å². The van der Waals surface area contributed by atoms with Gasteiger partial charge in [0.2, 0.25) is 5.91 Å². The molecule has 3 rings (SSSR count). The van der Waals surface area contributed by atoms with Crippen LogP contribution in [-0.4, -0.2) is 25.7 Å². The SMILES string of the molecule is O=C(NCC/C=C/c1ccc2c(c1)OCCO2)C1CCCCC1. The van der Waals surface area contributed by atoms with E-state index in [-0.39, 0.29) is 11.8 Å². The normalized spacial score (nSPS) is 18.1. The summed E-state index contributed by atoms with van der Waals surface area (Å²) in [5.41, 5.74) is 1.09. The molecule has 0 radical (unpaired) electrons. The van der Waals surface area contributed by atoms with Crippen LogP contribution in [0, 0.1) is 5.92 Å². The van der Waals surface area contributed by atoms with Gasteiger partial charge in [0.15, 0.2) is 11.5 Å². The third-order valence-corrected chi connectivity index (χ3v) is 4.46. The average Bonchev–Trinajstić information content (AvgIpc) is 2.62. The highest BCUT2D eigenvalue weighted by atomic mass is 16.6. The highest BCUT2D eigenvalue weighted by molar-refractivity contribution is 5.78. The zero-order valence-corrected chi connectivity index (χ0v) is 13.6. The maximum atomic E-state index is 12.0. The van der Waals surface area contributed by atoms with Crippen molar-refractivity contribution in [1.82, 2.24) is 5.32 Å². The number of amides is 1. The minimum Gasteiger partial charge on any atom is -0.486 e. The van der Waals surface area contributed by atoms with E-state index in [1.165, 1.54) is 19.3 Å². The van der Waals surface area contributed by atoms with Crippen LogP contribution in [0.5, 0.6) is 11.5 Å². The molecule has 4 heteroatoms. The van der Waals surface area contributed by atoms with Gasteiger partial charge in [-0.3, -0.25) is 4.79 Å². The van der Waals surface area contributed by atoms with Crippen molar-refractivity contribution in [3.05, 3.63) is 29.8 Å². The summed E-state index contributed by atoms with van der Waals surface area (Å²) in [6, 6.07) is 5.95. The third-order valence-electron chi connectivity index (χ3n) is 4.46. The van der Waals surface area contributed by atoms with Crippen LogP contribution in [0.2, 0.25) is 0 Å². The van der Waals surface area contributed by atoms with Crippen molar-refractivity contribution < 1.29 is 14.3 Å². The monoisotopic (exact) mass is 315 g/mol. The molecule has 0 spiro atoms. The Balaban J connectivity index is 1.41. The Morgan fingerprint density at radius 3 is 2.74 bits per heavy atom. The first-order valence-corrected chi connectivity index (χ1v) is 8.67. The van der Waals surface area contributed by atoms with E-state index in [1.54, 1.807) is 0 Å². The van der Waals surface area contributed by atoms with E-state index in [4.69, 9.17) is 9.47 Å². The maximum Gasteiger partial charge on any atom is 0.223 e. The summed E-state index contributed by atoms with van der Waals surface area (Å²) in [5.74, 6) is 2.10. The number of nitrogens with one attached hydrogen (secondary N) is 1. The molecule has 1 aromatic carbocycles. The lowest BCUT2D eigenvalue weighted by Crippen LogP contribution is -2.32. The smallest absolute Gasteiger partial charge is 0.223 e. The number of hydrogen-bond donors (Lipinski definition) is 1. The molecule has 1 saturated carbocycles. The Bertz CT molecular complexity index is 562. The second-order valence-corrected chi connectivity index (χ2v) is 6.22. The highest BCUT2D eigenvalue weighted by Crippen LogP contribution is 2.31.